The number of benzene rings is 2. The Morgan fingerprint density at radius 1 is 1.10 bits per heavy atom. The average molecular weight is 425 g/mol. The molecule has 0 bridgehead atoms. The van der Waals surface area contributed by atoms with Crippen LogP contribution in [0.4, 0.5) is 14.3 Å². The minimum absolute atomic E-state index is 0.263. The Labute approximate surface area is 176 Å². The van der Waals surface area contributed by atoms with Crippen molar-refractivity contribution in [2.75, 3.05) is 11.9 Å². The van der Waals surface area contributed by atoms with E-state index in [0.717, 1.165) is 17.5 Å². The molecule has 0 radical (unpaired) electrons. The van der Waals surface area contributed by atoms with Crippen LogP contribution in [-0.4, -0.2) is 39.6 Å². The Morgan fingerprint density at radius 3 is 2.63 bits per heavy atom. The van der Waals surface area contributed by atoms with Gasteiger partial charge in [0.25, 0.3) is 0 Å². The number of hydrogen-bond donors (Lipinski definition) is 2. The molecular weight excluding hydrogens is 405 g/mol. The van der Waals surface area contributed by atoms with Gasteiger partial charge in [0, 0.05) is 18.7 Å². The highest BCUT2D eigenvalue weighted by Crippen LogP contribution is 2.27. The number of nitrogens with zero attached hydrogens (tertiary/aromatic N) is 3. The van der Waals surface area contributed by atoms with Crippen LogP contribution in [0, 0.1) is 5.82 Å². The number of rotatable bonds is 5. The summed E-state index contributed by atoms with van der Waals surface area (Å²) in [7, 11) is 0. The number of hydrogen-bond acceptors (Lipinski definition) is 5. The number of carbonyl (C=O) groups excluding carboxylic acids is 2. The number of nitrogens with one attached hydrogen (secondary N) is 2. The number of carbonyl (C=O) groups is 2. The third-order valence-corrected chi connectivity index (χ3v) is 5.74. The maximum absolute atomic E-state index is 13.1. The normalized spacial score (nSPS) is 15.8. The standard InChI is InChI=1S/C21H20FN5O2S/c22-16-10-8-15(9-11-16)19-25-26-20(30-19)24-18(28)17-7-4-12-27(17)21(29)23-13-14-5-2-1-3-6-14/h1-3,5-6,8-11,17H,4,7,12-13H2,(H,23,29)(H,24,26,28). The highest BCUT2D eigenvalue weighted by Gasteiger charge is 2.34. The van der Waals surface area contributed by atoms with Crippen molar-refractivity contribution in [2.45, 2.75) is 25.4 Å². The molecule has 2 N–H and O–H groups in total. The van der Waals surface area contributed by atoms with E-state index in [1.54, 1.807) is 17.0 Å². The quantitative estimate of drug-likeness (QED) is 0.653. The molecule has 0 aliphatic carbocycles. The lowest BCUT2D eigenvalue weighted by molar-refractivity contribution is -0.119. The predicted molar refractivity (Wildman–Crippen MR) is 112 cm³/mol. The molecule has 0 spiro atoms. The molecular formula is C21H20FN5O2S. The zero-order valence-corrected chi connectivity index (χ0v) is 16.9. The van der Waals surface area contributed by atoms with E-state index in [1.807, 2.05) is 30.3 Å². The molecule has 1 unspecified atom stereocenters. The number of aromatic nitrogens is 2. The summed E-state index contributed by atoms with van der Waals surface area (Å²) in [5.74, 6) is -0.618. The number of urea groups is 1. The first-order valence-corrected chi connectivity index (χ1v) is 10.4. The van der Waals surface area contributed by atoms with Gasteiger partial charge in [-0.05, 0) is 42.7 Å². The molecule has 1 atom stereocenters. The molecule has 1 saturated heterocycles. The van der Waals surface area contributed by atoms with E-state index in [4.69, 9.17) is 0 Å². The summed E-state index contributed by atoms with van der Waals surface area (Å²) >= 11 is 1.20. The summed E-state index contributed by atoms with van der Waals surface area (Å²) in [6.07, 6.45) is 1.35. The van der Waals surface area contributed by atoms with Gasteiger partial charge in [0.05, 0.1) is 0 Å². The lowest BCUT2D eigenvalue weighted by atomic mass is 10.2. The molecule has 1 fully saturated rings. The number of anilines is 1. The third-order valence-electron chi connectivity index (χ3n) is 4.85. The molecule has 2 heterocycles. The number of likely N-dealkylation sites (tertiary alicyclic amines) is 1. The molecule has 7 nitrogen and oxygen atoms in total. The summed E-state index contributed by atoms with van der Waals surface area (Å²) in [6.45, 7) is 0.928. The zero-order valence-electron chi connectivity index (χ0n) is 16.0. The number of amides is 3. The Morgan fingerprint density at radius 2 is 1.87 bits per heavy atom. The van der Waals surface area contributed by atoms with Crippen LogP contribution in [0.25, 0.3) is 10.6 Å². The lowest BCUT2D eigenvalue weighted by Crippen LogP contribution is -2.47. The fourth-order valence-electron chi connectivity index (χ4n) is 3.33. The summed E-state index contributed by atoms with van der Waals surface area (Å²) in [5, 5.41) is 14.6. The van der Waals surface area contributed by atoms with Gasteiger partial charge in [-0.3, -0.25) is 10.1 Å². The van der Waals surface area contributed by atoms with Gasteiger partial charge in [0.2, 0.25) is 11.0 Å². The minimum atomic E-state index is -0.557. The second-order valence-corrected chi connectivity index (χ2v) is 7.88. The Kier molecular flexibility index (Phi) is 5.99. The van der Waals surface area contributed by atoms with Crippen LogP contribution in [0.15, 0.2) is 54.6 Å². The SMILES string of the molecule is O=C(Nc1nnc(-c2ccc(F)cc2)s1)C1CCCN1C(=O)NCc1ccccc1. The average Bonchev–Trinajstić information content (AvgIpc) is 3.43. The van der Waals surface area contributed by atoms with Crippen molar-refractivity contribution in [3.8, 4) is 10.6 Å². The third kappa shape index (κ3) is 4.62. The highest BCUT2D eigenvalue weighted by atomic mass is 32.1. The molecule has 1 aliphatic heterocycles. The monoisotopic (exact) mass is 425 g/mol. The van der Waals surface area contributed by atoms with Gasteiger partial charge < -0.3 is 10.2 Å². The fraction of sp³-hybridized carbons (Fsp3) is 0.238. The predicted octanol–water partition coefficient (Wildman–Crippen LogP) is 3.66. The van der Waals surface area contributed by atoms with Gasteiger partial charge in [0.1, 0.15) is 16.9 Å². The molecule has 154 valence electrons. The fourth-order valence-corrected chi connectivity index (χ4v) is 4.08. The van der Waals surface area contributed by atoms with Crippen molar-refractivity contribution < 1.29 is 14.0 Å². The maximum Gasteiger partial charge on any atom is 0.318 e. The molecule has 0 saturated carbocycles. The second-order valence-electron chi connectivity index (χ2n) is 6.90. The van der Waals surface area contributed by atoms with Gasteiger partial charge in [-0.2, -0.15) is 0 Å². The molecule has 9 heteroatoms. The van der Waals surface area contributed by atoms with Crippen molar-refractivity contribution in [3.05, 3.63) is 66.0 Å². The van der Waals surface area contributed by atoms with Crippen LogP contribution < -0.4 is 10.6 Å². The van der Waals surface area contributed by atoms with Crippen LogP contribution in [0.5, 0.6) is 0 Å². The van der Waals surface area contributed by atoms with Crippen LogP contribution in [0.1, 0.15) is 18.4 Å². The van der Waals surface area contributed by atoms with E-state index in [9.17, 15) is 14.0 Å². The van der Waals surface area contributed by atoms with Gasteiger partial charge in [-0.25, -0.2) is 9.18 Å². The van der Waals surface area contributed by atoms with Gasteiger partial charge in [-0.1, -0.05) is 41.7 Å². The summed E-state index contributed by atoms with van der Waals surface area (Å²) in [4.78, 5) is 26.9. The zero-order chi connectivity index (χ0) is 20.9. The Bertz CT molecular complexity index is 1030. The van der Waals surface area contributed by atoms with Crippen LogP contribution in [-0.2, 0) is 11.3 Å². The van der Waals surface area contributed by atoms with Crippen molar-refractivity contribution in [2.24, 2.45) is 0 Å². The molecule has 1 aromatic heterocycles. The van der Waals surface area contributed by atoms with Crippen molar-refractivity contribution in [1.29, 1.82) is 0 Å². The van der Waals surface area contributed by atoms with Gasteiger partial charge >= 0.3 is 6.03 Å². The topological polar surface area (TPSA) is 87.2 Å². The largest absolute Gasteiger partial charge is 0.334 e. The summed E-state index contributed by atoms with van der Waals surface area (Å²) in [5.41, 5.74) is 1.71. The smallest absolute Gasteiger partial charge is 0.318 e. The first-order valence-electron chi connectivity index (χ1n) is 9.59. The van der Waals surface area contributed by atoms with Crippen molar-refractivity contribution in [3.63, 3.8) is 0 Å². The second kappa shape index (κ2) is 9.00. The molecule has 1 aliphatic rings. The molecule has 3 amide bonds. The van der Waals surface area contributed by atoms with E-state index < -0.39 is 6.04 Å². The van der Waals surface area contributed by atoms with Crippen LogP contribution in [0.3, 0.4) is 0 Å². The van der Waals surface area contributed by atoms with Crippen LogP contribution in [0.2, 0.25) is 0 Å². The summed E-state index contributed by atoms with van der Waals surface area (Å²) < 4.78 is 13.1. The van der Waals surface area contributed by atoms with E-state index in [2.05, 4.69) is 20.8 Å². The van der Waals surface area contributed by atoms with E-state index >= 15 is 0 Å². The summed E-state index contributed by atoms with van der Waals surface area (Å²) in [6, 6.07) is 14.7. The van der Waals surface area contributed by atoms with Crippen molar-refractivity contribution >= 4 is 28.4 Å². The first-order chi connectivity index (χ1) is 14.6. The Balaban J connectivity index is 1.36. The number of halogens is 1. The molecule has 30 heavy (non-hydrogen) atoms. The molecule has 2 aromatic carbocycles. The minimum Gasteiger partial charge on any atom is -0.334 e. The maximum atomic E-state index is 13.1. The molecule has 4 rings (SSSR count). The van der Waals surface area contributed by atoms with Gasteiger partial charge in [0.15, 0.2) is 0 Å². The Hall–Kier alpha value is -3.33. The molecule has 3 aromatic rings. The lowest BCUT2D eigenvalue weighted by Gasteiger charge is -2.23. The first kappa shape index (κ1) is 20.0. The van der Waals surface area contributed by atoms with Crippen LogP contribution >= 0.6 is 11.3 Å². The van der Waals surface area contributed by atoms with Crippen molar-refractivity contribution in [1.82, 2.24) is 20.4 Å². The highest BCUT2D eigenvalue weighted by molar-refractivity contribution is 7.18. The van der Waals surface area contributed by atoms with E-state index in [0.29, 0.717) is 29.6 Å². The van der Waals surface area contributed by atoms with E-state index in [-0.39, 0.29) is 17.8 Å². The van der Waals surface area contributed by atoms with Gasteiger partial charge in [-0.15, -0.1) is 10.2 Å². The van der Waals surface area contributed by atoms with E-state index in [1.165, 1.54) is 23.5 Å².